The van der Waals surface area contributed by atoms with E-state index in [9.17, 15) is 13.6 Å². The molecule has 0 aliphatic carbocycles. The molecule has 2 heterocycles. The van der Waals surface area contributed by atoms with Gasteiger partial charge in [0.1, 0.15) is 0 Å². The number of aromatic nitrogens is 2. The van der Waals surface area contributed by atoms with Crippen molar-refractivity contribution in [2.24, 2.45) is 0 Å². The Balaban J connectivity index is 1.80. The highest BCUT2D eigenvalue weighted by Crippen LogP contribution is 2.24. The molecule has 25 heavy (non-hydrogen) atoms. The summed E-state index contributed by atoms with van der Waals surface area (Å²) in [7, 11) is 1.56. The Hall–Kier alpha value is -3.09. The van der Waals surface area contributed by atoms with E-state index in [0.717, 1.165) is 12.1 Å². The summed E-state index contributed by atoms with van der Waals surface area (Å²) < 4.78 is 31.7. The van der Waals surface area contributed by atoms with E-state index in [-0.39, 0.29) is 5.69 Å². The lowest BCUT2D eigenvalue weighted by Gasteiger charge is -2.24. The summed E-state index contributed by atoms with van der Waals surface area (Å²) >= 11 is 0. The van der Waals surface area contributed by atoms with Crippen molar-refractivity contribution in [1.29, 1.82) is 0 Å². The van der Waals surface area contributed by atoms with Gasteiger partial charge in [0, 0.05) is 31.1 Å². The van der Waals surface area contributed by atoms with E-state index in [1.54, 1.807) is 38.5 Å². The SMILES string of the molecule is CC(c1ccc(F)c(F)c1)N(C)C(=O)c1cc(-c2cccnc2)on1. The molecular weight excluding hydrogens is 328 g/mol. The van der Waals surface area contributed by atoms with E-state index in [1.807, 2.05) is 0 Å². The number of carbonyl (C=O) groups excluding carboxylic acids is 1. The third-order valence-electron chi connectivity index (χ3n) is 4.00. The maximum Gasteiger partial charge on any atom is 0.276 e. The van der Waals surface area contributed by atoms with E-state index in [4.69, 9.17) is 4.52 Å². The quantitative estimate of drug-likeness (QED) is 0.722. The number of hydrogen-bond donors (Lipinski definition) is 0. The number of halogens is 2. The smallest absolute Gasteiger partial charge is 0.276 e. The fourth-order valence-corrected chi connectivity index (χ4v) is 2.37. The van der Waals surface area contributed by atoms with Crippen LogP contribution in [0.25, 0.3) is 11.3 Å². The standard InChI is InChI=1S/C18H15F2N3O2/c1-11(12-5-6-14(19)15(20)8-12)23(2)18(24)16-9-17(25-22-16)13-4-3-7-21-10-13/h3-11H,1-2H3. The minimum Gasteiger partial charge on any atom is -0.355 e. The van der Waals surface area contributed by atoms with Gasteiger partial charge in [-0.15, -0.1) is 0 Å². The minimum absolute atomic E-state index is 0.121. The van der Waals surface area contributed by atoms with Crippen molar-refractivity contribution >= 4 is 5.91 Å². The third kappa shape index (κ3) is 3.40. The minimum atomic E-state index is -0.953. The largest absolute Gasteiger partial charge is 0.355 e. The highest BCUT2D eigenvalue weighted by molar-refractivity contribution is 5.93. The molecule has 0 spiro atoms. The highest BCUT2D eigenvalue weighted by atomic mass is 19.2. The summed E-state index contributed by atoms with van der Waals surface area (Å²) in [5.74, 6) is -1.85. The number of hydrogen-bond acceptors (Lipinski definition) is 4. The summed E-state index contributed by atoms with van der Waals surface area (Å²) in [6.45, 7) is 1.71. The molecule has 3 aromatic rings. The zero-order valence-electron chi connectivity index (χ0n) is 13.6. The van der Waals surface area contributed by atoms with Gasteiger partial charge >= 0.3 is 0 Å². The molecule has 1 amide bonds. The maximum absolute atomic E-state index is 13.4. The lowest BCUT2D eigenvalue weighted by Crippen LogP contribution is -2.30. The fraction of sp³-hybridized carbons (Fsp3) is 0.167. The van der Waals surface area contributed by atoms with Gasteiger partial charge in [-0.2, -0.15) is 0 Å². The van der Waals surface area contributed by atoms with Crippen LogP contribution in [-0.4, -0.2) is 28.0 Å². The lowest BCUT2D eigenvalue weighted by molar-refractivity contribution is 0.0732. The molecule has 128 valence electrons. The first kappa shape index (κ1) is 16.8. The molecule has 7 heteroatoms. The number of pyridine rings is 1. The number of nitrogens with zero attached hydrogens (tertiary/aromatic N) is 3. The average Bonchev–Trinajstić information content (AvgIpc) is 3.13. The third-order valence-corrected chi connectivity index (χ3v) is 4.00. The summed E-state index contributed by atoms with van der Waals surface area (Å²) in [5, 5.41) is 3.79. The maximum atomic E-state index is 13.4. The number of amides is 1. The van der Waals surface area contributed by atoms with Crippen LogP contribution in [0.5, 0.6) is 0 Å². The van der Waals surface area contributed by atoms with Crippen LogP contribution >= 0.6 is 0 Å². The predicted molar refractivity (Wildman–Crippen MR) is 86.6 cm³/mol. The van der Waals surface area contributed by atoms with Gasteiger partial charge in [0.25, 0.3) is 5.91 Å². The fourth-order valence-electron chi connectivity index (χ4n) is 2.37. The monoisotopic (exact) mass is 343 g/mol. The van der Waals surface area contributed by atoms with Crippen molar-refractivity contribution in [2.45, 2.75) is 13.0 Å². The Bertz CT molecular complexity index is 896. The van der Waals surface area contributed by atoms with E-state index in [0.29, 0.717) is 16.9 Å². The first-order valence-corrected chi connectivity index (χ1v) is 7.56. The van der Waals surface area contributed by atoms with Gasteiger partial charge in [0.15, 0.2) is 23.1 Å². The van der Waals surface area contributed by atoms with Gasteiger partial charge in [0.2, 0.25) is 0 Å². The molecule has 1 aromatic carbocycles. The van der Waals surface area contributed by atoms with E-state index in [2.05, 4.69) is 10.1 Å². The van der Waals surface area contributed by atoms with Gasteiger partial charge < -0.3 is 9.42 Å². The van der Waals surface area contributed by atoms with Crippen molar-refractivity contribution in [2.75, 3.05) is 7.05 Å². The van der Waals surface area contributed by atoms with Crippen LogP contribution in [0.1, 0.15) is 29.0 Å². The summed E-state index contributed by atoms with van der Waals surface area (Å²) in [6, 6.07) is 8.14. The Morgan fingerprint density at radius 2 is 2.00 bits per heavy atom. The van der Waals surface area contributed by atoms with E-state index in [1.165, 1.54) is 17.0 Å². The number of rotatable bonds is 4. The molecular formula is C18H15F2N3O2. The summed E-state index contributed by atoms with van der Waals surface area (Å²) in [4.78, 5) is 17.9. The molecule has 0 saturated heterocycles. The van der Waals surface area contributed by atoms with E-state index < -0.39 is 23.6 Å². The van der Waals surface area contributed by atoms with Crippen LogP contribution in [0.15, 0.2) is 53.3 Å². The topological polar surface area (TPSA) is 59.2 Å². The second kappa shape index (κ2) is 6.80. The number of benzene rings is 1. The second-order valence-corrected chi connectivity index (χ2v) is 5.58. The van der Waals surface area contributed by atoms with Gasteiger partial charge in [-0.05, 0) is 36.8 Å². The summed E-state index contributed by atoms with van der Waals surface area (Å²) in [6.07, 6.45) is 3.23. The molecule has 0 aliphatic heterocycles. The van der Waals surface area contributed by atoms with Gasteiger partial charge in [-0.1, -0.05) is 11.2 Å². The molecule has 0 saturated carbocycles. The van der Waals surface area contributed by atoms with Gasteiger partial charge in [0.05, 0.1) is 6.04 Å². The molecule has 0 bridgehead atoms. The van der Waals surface area contributed by atoms with Crippen molar-refractivity contribution in [3.05, 3.63) is 71.7 Å². The van der Waals surface area contributed by atoms with Crippen molar-refractivity contribution in [3.8, 4) is 11.3 Å². The van der Waals surface area contributed by atoms with Crippen LogP contribution in [-0.2, 0) is 0 Å². The molecule has 3 rings (SSSR count). The van der Waals surface area contributed by atoms with Crippen LogP contribution in [0, 0.1) is 11.6 Å². The molecule has 0 radical (unpaired) electrons. The van der Waals surface area contributed by atoms with Crippen LogP contribution in [0.2, 0.25) is 0 Å². The van der Waals surface area contributed by atoms with Crippen molar-refractivity contribution in [1.82, 2.24) is 15.0 Å². The molecule has 1 unspecified atom stereocenters. The van der Waals surface area contributed by atoms with Crippen LogP contribution < -0.4 is 0 Å². The normalized spacial score (nSPS) is 12.0. The Kier molecular flexibility index (Phi) is 4.56. The van der Waals surface area contributed by atoms with Crippen molar-refractivity contribution in [3.63, 3.8) is 0 Å². The van der Waals surface area contributed by atoms with Crippen LogP contribution in [0.3, 0.4) is 0 Å². The first-order valence-electron chi connectivity index (χ1n) is 7.56. The zero-order chi connectivity index (χ0) is 18.0. The van der Waals surface area contributed by atoms with Crippen molar-refractivity contribution < 1.29 is 18.1 Å². The Morgan fingerprint density at radius 3 is 2.68 bits per heavy atom. The molecule has 0 aliphatic rings. The molecule has 5 nitrogen and oxygen atoms in total. The summed E-state index contributed by atoms with van der Waals surface area (Å²) in [5.41, 5.74) is 1.30. The van der Waals surface area contributed by atoms with Crippen LogP contribution in [0.4, 0.5) is 8.78 Å². The molecule has 2 aromatic heterocycles. The lowest BCUT2D eigenvalue weighted by atomic mass is 10.1. The molecule has 0 fully saturated rings. The molecule has 0 N–H and O–H groups in total. The van der Waals surface area contributed by atoms with Gasteiger partial charge in [-0.25, -0.2) is 8.78 Å². The average molecular weight is 343 g/mol. The van der Waals surface area contributed by atoms with Gasteiger partial charge in [-0.3, -0.25) is 9.78 Å². The molecule has 1 atom stereocenters. The first-order chi connectivity index (χ1) is 12.0. The predicted octanol–water partition coefficient (Wildman–Crippen LogP) is 3.85. The number of carbonyl (C=O) groups is 1. The Labute approximate surface area is 142 Å². The zero-order valence-corrected chi connectivity index (χ0v) is 13.6. The highest BCUT2D eigenvalue weighted by Gasteiger charge is 2.23. The Morgan fingerprint density at radius 1 is 1.20 bits per heavy atom. The van der Waals surface area contributed by atoms with E-state index >= 15 is 0 Å². The second-order valence-electron chi connectivity index (χ2n) is 5.58.